The van der Waals surface area contributed by atoms with E-state index in [1.54, 1.807) is 12.1 Å². The molecule has 148 valence electrons. The molecule has 0 saturated heterocycles. The lowest BCUT2D eigenvalue weighted by Gasteiger charge is -2.25. The number of aromatic nitrogens is 3. The van der Waals surface area contributed by atoms with E-state index in [1.807, 2.05) is 36.1 Å². The summed E-state index contributed by atoms with van der Waals surface area (Å²) in [7, 11) is 0. The predicted octanol–water partition coefficient (Wildman–Crippen LogP) is 5.81. The van der Waals surface area contributed by atoms with Crippen LogP contribution in [0.15, 0.2) is 78.0 Å². The molecular weight excluding hydrogens is 375 g/mol. The summed E-state index contributed by atoms with van der Waals surface area (Å²) < 4.78 is 15.5. The molecule has 2 aromatic carbocycles. The number of benzene rings is 2. The van der Waals surface area contributed by atoms with Gasteiger partial charge in [0.25, 0.3) is 0 Å². The van der Waals surface area contributed by atoms with Crippen molar-refractivity contribution >= 4 is 11.5 Å². The number of halogens is 1. The van der Waals surface area contributed by atoms with Gasteiger partial charge in [0.1, 0.15) is 5.82 Å². The second-order valence-electron chi connectivity index (χ2n) is 7.66. The van der Waals surface area contributed by atoms with E-state index in [4.69, 9.17) is 10.1 Å². The summed E-state index contributed by atoms with van der Waals surface area (Å²) in [4.78, 5) is 9.21. The number of rotatable bonds is 3. The first-order valence-corrected chi connectivity index (χ1v) is 10.00. The van der Waals surface area contributed by atoms with Gasteiger partial charge < -0.3 is 0 Å². The Morgan fingerprint density at radius 1 is 0.867 bits per heavy atom. The maximum atomic E-state index is 13.5. The lowest BCUT2D eigenvalue weighted by atomic mass is 9.95. The van der Waals surface area contributed by atoms with Gasteiger partial charge in [0.2, 0.25) is 0 Å². The number of nitrogens with zero attached hydrogens (tertiary/aromatic N) is 4. The van der Waals surface area contributed by atoms with Crippen LogP contribution in [0, 0.1) is 19.7 Å². The molecule has 2 aromatic heterocycles. The number of fused-ring (bicyclic) bond motifs is 1. The molecule has 0 bridgehead atoms. The lowest BCUT2D eigenvalue weighted by Crippen LogP contribution is -2.21. The Bertz CT molecular complexity index is 1220. The highest BCUT2D eigenvalue weighted by atomic mass is 19.1. The molecular formula is C25H21FN4. The van der Waals surface area contributed by atoms with Crippen molar-refractivity contribution in [1.29, 1.82) is 0 Å². The van der Waals surface area contributed by atoms with E-state index in [-0.39, 0.29) is 11.9 Å². The third kappa shape index (κ3) is 3.22. The molecule has 0 N–H and O–H groups in total. The van der Waals surface area contributed by atoms with Crippen LogP contribution in [0.25, 0.3) is 11.1 Å². The van der Waals surface area contributed by atoms with Crippen molar-refractivity contribution in [3.05, 3.63) is 101 Å². The summed E-state index contributed by atoms with van der Waals surface area (Å²) in [5.41, 5.74) is 7.22. The average Bonchev–Trinajstić information content (AvgIpc) is 3.10. The van der Waals surface area contributed by atoms with Crippen molar-refractivity contribution in [1.82, 2.24) is 14.8 Å². The zero-order valence-electron chi connectivity index (χ0n) is 16.9. The Morgan fingerprint density at radius 2 is 1.53 bits per heavy atom. The van der Waals surface area contributed by atoms with Crippen LogP contribution in [0.3, 0.4) is 0 Å². The summed E-state index contributed by atoms with van der Waals surface area (Å²) >= 11 is 0. The summed E-state index contributed by atoms with van der Waals surface area (Å²) in [5, 5.41) is 4.85. The van der Waals surface area contributed by atoms with Crippen LogP contribution in [0.1, 0.15) is 34.8 Å². The Morgan fingerprint density at radius 3 is 2.23 bits per heavy atom. The van der Waals surface area contributed by atoms with Gasteiger partial charge in [0, 0.05) is 24.4 Å². The van der Waals surface area contributed by atoms with Crippen molar-refractivity contribution in [3.8, 4) is 11.1 Å². The fraction of sp³-hybridized carbons (Fsp3) is 0.160. The fourth-order valence-electron chi connectivity index (χ4n) is 4.03. The maximum Gasteiger partial charge on any atom is 0.159 e. The minimum absolute atomic E-state index is 0.0182. The fourth-order valence-corrected chi connectivity index (χ4v) is 4.03. The van der Waals surface area contributed by atoms with Gasteiger partial charge in [0.05, 0.1) is 17.4 Å². The predicted molar refractivity (Wildman–Crippen MR) is 117 cm³/mol. The molecule has 4 aromatic rings. The van der Waals surface area contributed by atoms with E-state index in [2.05, 4.69) is 36.2 Å². The third-order valence-electron chi connectivity index (χ3n) is 5.59. The third-order valence-corrected chi connectivity index (χ3v) is 5.59. The molecule has 0 radical (unpaired) electrons. The zero-order chi connectivity index (χ0) is 20.7. The van der Waals surface area contributed by atoms with E-state index in [1.165, 1.54) is 17.7 Å². The highest BCUT2D eigenvalue weighted by Gasteiger charge is 2.29. The number of pyridine rings is 1. The minimum atomic E-state index is -0.254. The quantitative estimate of drug-likeness (QED) is 0.438. The van der Waals surface area contributed by atoms with Crippen molar-refractivity contribution in [3.63, 3.8) is 0 Å². The van der Waals surface area contributed by atoms with Crippen LogP contribution < -0.4 is 0 Å². The van der Waals surface area contributed by atoms with Gasteiger partial charge in [-0.05, 0) is 54.8 Å². The van der Waals surface area contributed by atoms with Gasteiger partial charge >= 0.3 is 0 Å². The molecule has 1 atom stereocenters. The van der Waals surface area contributed by atoms with Gasteiger partial charge in [-0.15, -0.1) is 0 Å². The number of hydrogen-bond donors (Lipinski definition) is 0. The van der Waals surface area contributed by atoms with Crippen LogP contribution in [0.5, 0.6) is 0 Å². The lowest BCUT2D eigenvalue weighted by molar-refractivity contribution is 0.529. The van der Waals surface area contributed by atoms with Gasteiger partial charge in [-0.2, -0.15) is 5.10 Å². The molecule has 0 fully saturated rings. The number of hydrogen-bond acceptors (Lipinski definition) is 3. The molecule has 4 nitrogen and oxygen atoms in total. The summed E-state index contributed by atoms with van der Waals surface area (Å²) in [6.07, 6.45) is 4.36. The first kappa shape index (κ1) is 18.4. The normalized spacial score (nSPS) is 15.6. The monoisotopic (exact) mass is 396 g/mol. The van der Waals surface area contributed by atoms with Crippen molar-refractivity contribution in [2.75, 3.05) is 0 Å². The summed E-state index contributed by atoms with van der Waals surface area (Å²) in [5.74, 6) is 0.554. The Kier molecular flexibility index (Phi) is 4.51. The standard InChI is InChI=1S/C25H21FN4/c1-16-3-5-18(6-4-16)22-15-23(19-11-13-27-14-12-19)30-25(28-22)24(17(2)29-30)20-7-9-21(26)10-8-20/h3-14,23H,15H2,1-2H3/t23-/m0/s1. The topological polar surface area (TPSA) is 43.1 Å². The largest absolute Gasteiger partial charge is 0.265 e. The first-order valence-electron chi connectivity index (χ1n) is 10.00. The van der Waals surface area contributed by atoms with E-state index < -0.39 is 0 Å². The number of aryl methyl sites for hydroxylation is 2. The van der Waals surface area contributed by atoms with Gasteiger partial charge in [-0.3, -0.25) is 4.98 Å². The maximum absolute atomic E-state index is 13.5. The molecule has 0 saturated carbocycles. The summed E-state index contributed by atoms with van der Waals surface area (Å²) in [6, 6.07) is 19.1. The molecule has 1 aliphatic heterocycles. The molecule has 30 heavy (non-hydrogen) atoms. The van der Waals surface area contributed by atoms with Crippen LogP contribution in [0.2, 0.25) is 0 Å². The van der Waals surface area contributed by atoms with E-state index in [0.29, 0.717) is 0 Å². The van der Waals surface area contributed by atoms with Gasteiger partial charge in [-0.25, -0.2) is 14.1 Å². The molecule has 5 heteroatoms. The molecule has 0 spiro atoms. The molecule has 0 amide bonds. The van der Waals surface area contributed by atoms with E-state index >= 15 is 0 Å². The van der Waals surface area contributed by atoms with Crippen LogP contribution in [-0.4, -0.2) is 20.5 Å². The Labute approximate surface area is 174 Å². The van der Waals surface area contributed by atoms with Gasteiger partial charge in [0.15, 0.2) is 5.82 Å². The number of aliphatic imine (C=N–C) groups is 1. The van der Waals surface area contributed by atoms with Crippen molar-refractivity contribution in [2.24, 2.45) is 4.99 Å². The zero-order valence-corrected chi connectivity index (χ0v) is 16.9. The SMILES string of the molecule is Cc1ccc(C2=Nc3c(-c4ccc(F)cc4)c(C)nn3[C@H](c3ccncc3)C2)cc1. The van der Waals surface area contributed by atoms with Crippen LogP contribution in [0.4, 0.5) is 10.2 Å². The second kappa shape index (κ2) is 7.34. The molecule has 1 aliphatic rings. The minimum Gasteiger partial charge on any atom is -0.265 e. The first-order chi connectivity index (χ1) is 14.6. The highest BCUT2D eigenvalue weighted by molar-refractivity contribution is 6.04. The highest BCUT2D eigenvalue weighted by Crippen LogP contribution is 2.41. The molecule has 0 aliphatic carbocycles. The molecule has 0 unspecified atom stereocenters. The molecule has 5 rings (SSSR count). The molecule has 3 heterocycles. The average molecular weight is 396 g/mol. The van der Waals surface area contributed by atoms with Crippen molar-refractivity contribution in [2.45, 2.75) is 26.3 Å². The van der Waals surface area contributed by atoms with Crippen LogP contribution in [-0.2, 0) is 0 Å². The van der Waals surface area contributed by atoms with E-state index in [0.717, 1.165) is 45.9 Å². The second-order valence-corrected chi connectivity index (χ2v) is 7.66. The Balaban J connectivity index is 1.71. The summed E-state index contributed by atoms with van der Waals surface area (Å²) in [6.45, 7) is 4.06. The van der Waals surface area contributed by atoms with Gasteiger partial charge in [-0.1, -0.05) is 42.0 Å². The smallest absolute Gasteiger partial charge is 0.159 e. The van der Waals surface area contributed by atoms with Crippen molar-refractivity contribution < 1.29 is 4.39 Å². The van der Waals surface area contributed by atoms with Crippen LogP contribution >= 0.6 is 0 Å². The Hall–Kier alpha value is -3.60. The van der Waals surface area contributed by atoms with E-state index in [9.17, 15) is 4.39 Å².